The number of amides is 1. The van der Waals surface area contributed by atoms with Crippen LogP contribution in [0.1, 0.15) is 35.8 Å². The van der Waals surface area contributed by atoms with Crippen LogP contribution in [0.4, 0.5) is 4.39 Å². The Morgan fingerprint density at radius 2 is 2.27 bits per heavy atom. The molecule has 138 valence electrons. The summed E-state index contributed by atoms with van der Waals surface area (Å²) in [6.07, 6.45) is 1.85. The van der Waals surface area contributed by atoms with Gasteiger partial charge in [-0.2, -0.15) is 0 Å². The van der Waals surface area contributed by atoms with Crippen LogP contribution in [0.2, 0.25) is 0 Å². The Bertz CT molecular complexity index is 837. The van der Waals surface area contributed by atoms with Crippen LogP contribution in [0.15, 0.2) is 35.1 Å². The molecule has 2 aromatic rings. The number of carbonyl (C=O) groups excluding carboxylic acids is 1. The highest BCUT2D eigenvalue weighted by atomic mass is 19.1. The Balaban J connectivity index is 1.71. The number of hydrogen-bond acceptors (Lipinski definition) is 4. The van der Waals surface area contributed by atoms with E-state index in [2.05, 4.69) is 9.97 Å². The third kappa shape index (κ3) is 4.54. The molecule has 1 amide bonds. The molecule has 1 fully saturated rings. The number of carbonyl (C=O) groups is 1. The summed E-state index contributed by atoms with van der Waals surface area (Å²) in [6.45, 7) is 1.42. The van der Waals surface area contributed by atoms with Gasteiger partial charge in [0.1, 0.15) is 11.6 Å². The largest absolute Gasteiger partial charge is 0.378 e. The molecule has 1 aliphatic rings. The molecule has 0 aliphatic carbocycles. The molecule has 3 rings (SSSR count). The normalized spacial score (nSPS) is 17.3. The van der Waals surface area contributed by atoms with Gasteiger partial charge in [-0.3, -0.25) is 9.59 Å². The van der Waals surface area contributed by atoms with Crippen molar-refractivity contribution in [2.45, 2.75) is 31.8 Å². The number of nitrogens with zero attached hydrogens (tertiary/aromatic N) is 2. The number of H-pyrrole nitrogens is 1. The number of aromatic nitrogens is 2. The number of piperidine rings is 1. The van der Waals surface area contributed by atoms with Crippen LogP contribution in [-0.4, -0.2) is 41.0 Å². The van der Waals surface area contributed by atoms with Gasteiger partial charge in [-0.1, -0.05) is 12.1 Å². The molecule has 2 heterocycles. The molecule has 0 bridgehead atoms. The first-order valence-corrected chi connectivity index (χ1v) is 8.66. The maximum Gasteiger partial charge on any atom is 0.251 e. The summed E-state index contributed by atoms with van der Waals surface area (Å²) in [5.41, 5.74) is 1.02. The van der Waals surface area contributed by atoms with Crippen molar-refractivity contribution in [2.75, 3.05) is 20.2 Å². The van der Waals surface area contributed by atoms with Crippen LogP contribution in [-0.2, 0) is 22.6 Å². The number of ether oxygens (including phenoxy) is 1. The van der Waals surface area contributed by atoms with E-state index in [-0.39, 0.29) is 36.2 Å². The minimum absolute atomic E-state index is 0.0234. The molecule has 1 unspecified atom stereocenters. The van der Waals surface area contributed by atoms with Gasteiger partial charge in [-0.25, -0.2) is 9.37 Å². The van der Waals surface area contributed by atoms with Gasteiger partial charge in [0.25, 0.3) is 5.56 Å². The van der Waals surface area contributed by atoms with E-state index in [1.54, 1.807) is 24.1 Å². The van der Waals surface area contributed by atoms with Crippen molar-refractivity contribution >= 4 is 5.91 Å². The summed E-state index contributed by atoms with van der Waals surface area (Å²) in [6, 6.07) is 7.51. The lowest BCUT2D eigenvalue weighted by molar-refractivity contribution is -0.131. The van der Waals surface area contributed by atoms with Gasteiger partial charge in [0.2, 0.25) is 5.91 Å². The zero-order valence-electron chi connectivity index (χ0n) is 14.7. The Hall–Kier alpha value is -2.54. The zero-order valence-corrected chi connectivity index (χ0v) is 14.7. The monoisotopic (exact) mass is 359 g/mol. The van der Waals surface area contributed by atoms with E-state index < -0.39 is 0 Å². The van der Waals surface area contributed by atoms with E-state index in [9.17, 15) is 14.0 Å². The van der Waals surface area contributed by atoms with Gasteiger partial charge in [0, 0.05) is 32.2 Å². The van der Waals surface area contributed by atoms with Crippen molar-refractivity contribution in [3.8, 4) is 0 Å². The number of hydrogen-bond donors (Lipinski definition) is 1. The van der Waals surface area contributed by atoms with Gasteiger partial charge in [-0.15, -0.1) is 0 Å². The lowest BCUT2D eigenvalue weighted by Crippen LogP contribution is -2.40. The Morgan fingerprint density at radius 1 is 1.42 bits per heavy atom. The second-order valence-corrected chi connectivity index (χ2v) is 6.54. The Morgan fingerprint density at radius 3 is 3.04 bits per heavy atom. The summed E-state index contributed by atoms with van der Waals surface area (Å²) in [7, 11) is 1.55. The van der Waals surface area contributed by atoms with Crippen LogP contribution in [0.25, 0.3) is 0 Å². The van der Waals surface area contributed by atoms with Crippen molar-refractivity contribution in [3.05, 3.63) is 63.6 Å². The lowest BCUT2D eigenvalue weighted by atomic mass is 9.96. The first-order chi connectivity index (χ1) is 12.5. The quantitative estimate of drug-likeness (QED) is 0.886. The predicted octanol–water partition coefficient (Wildman–Crippen LogP) is 2.00. The van der Waals surface area contributed by atoms with Crippen LogP contribution in [0, 0.1) is 5.82 Å². The highest BCUT2D eigenvalue weighted by Crippen LogP contribution is 2.24. The number of halogens is 1. The van der Waals surface area contributed by atoms with Crippen molar-refractivity contribution in [1.82, 2.24) is 14.9 Å². The number of nitrogens with one attached hydrogen (secondary N) is 1. The number of likely N-dealkylation sites (tertiary alicyclic amines) is 1. The van der Waals surface area contributed by atoms with E-state index in [0.717, 1.165) is 12.8 Å². The van der Waals surface area contributed by atoms with Gasteiger partial charge < -0.3 is 14.6 Å². The van der Waals surface area contributed by atoms with Gasteiger partial charge >= 0.3 is 0 Å². The molecule has 26 heavy (non-hydrogen) atoms. The molecule has 1 atom stereocenters. The second-order valence-electron chi connectivity index (χ2n) is 6.54. The number of rotatable bonds is 5. The van der Waals surface area contributed by atoms with Crippen molar-refractivity contribution in [1.29, 1.82) is 0 Å². The molecule has 1 saturated heterocycles. The van der Waals surface area contributed by atoms with E-state index in [1.807, 2.05) is 0 Å². The fourth-order valence-corrected chi connectivity index (χ4v) is 3.30. The zero-order chi connectivity index (χ0) is 18.5. The van der Waals surface area contributed by atoms with Gasteiger partial charge in [-0.05, 0) is 30.5 Å². The van der Waals surface area contributed by atoms with E-state index in [0.29, 0.717) is 30.2 Å². The minimum Gasteiger partial charge on any atom is -0.378 e. The predicted molar refractivity (Wildman–Crippen MR) is 94.2 cm³/mol. The minimum atomic E-state index is -0.344. The summed E-state index contributed by atoms with van der Waals surface area (Å²) in [5, 5.41) is 0. The highest BCUT2D eigenvalue weighted by molar-refractivity contribution is 5.79. The molecule has 6 nitrogen and oxygen atoms in total. The summed E-state index contributed by atoms with van der Waals surface area (Å²) in [5.74, 6) is 0.178. The van der Waals surface area contributed by atoms with Crippen LogP contribution < -0.4 is 5.56 Å². The van der Waals surface area contributed by atoms with E-state index in [4.69, 9.17) is 4.74 Å². The van der Waals surface area contributed by atoms with Crippen molar-refractivity contribution < 1.29 is 13.9 Å². The third-order valence-electron chi connectivity index (χ3n) is 4.51. The smallest absolute Gasteiger partial charge is 0.251 e. The fraction of sp³-hybridized carbons (Fsp3) is 0.421. The maximum atomic E-state index is 13.3. The molecular weight excluding hydrogens is 337 g/mol. The van der Waals surface area contributed by atoms with E-state index >= 15 is 0 Å². The molecule has 1 N–H and O–H groups in total. The molecule has 0 saturated carbocycles. The van der Waals surface area contributed by atoms with Crippen molar-refractivity contribution in [3.63, 3.8) is 0 Å². The SMILES string of the molecule is COCc1cc(=O)[nH]c(C2CCCN(C(=O)Cc3cccc(F)c3)C2)n1. The van der Waals surface area contributed by atoms with Crippen LogP contribution in [0.5, 0.6) is 0 Å². The molecule has 0 spiro atoms. The topological polar surface area (TPSA) is 75.3 Å². The third-order valence-corrected chi connectivity index (χ3v) is 4.51. The molecule has 7 heteroatoms. The Labute approximate surface area is 151 Å². The average molecular weight is 359 g/mol. The van der Waals surface area contributed by atoms with Crippen molar-refractivity contribution in [2.24, 2.45) is 0 Å². The summed E-state index contributed by atoms with van der Waals surface area (Å²) < 4.78 is 18.4. The van der Waals surface area contributed by atoms with Crippen LogP contribution in [0.3, 0.4) is 0 Å². The van der Waals surface area contributed by atoms with Crippen LogP contribution >= 0.6 is 0 Å². The second kappa shape index (κ2) is 8.23. The summed E-state index contributed by atoms with van der Waals surface area (Å²) in [4.78, 5) is 33.4. The first kappa shape index (κ1) is 18.3. The van der Waals surface area contributed by atoms with Gasteiger partial charge in [0.05, 0.1) is 18.7 Å². The average Bonchev–Trinajstić information content (AvgIpc) is 2.62. The van der Waals surface area contributed by atoms with E-state index in [1.165, 1.54) is 18.2 Å². The number of aromatic amines is 1. The Kier molecular flexibility index (Phi) is 5.78. The molecule has 1 aromatic heterocycles. The standard InChI is InChI=1S/C19H22FN3O3/c1-26-12-16-10-17(24)22-19(21-16)14-5-3-7-23(11-14)18(25)9-13-4-2-6-15(20)8-13/h2,4,6,8,10,14H,3,5,7,9,11-12H2,1H3,(H,21,22,24). The number of methoxy groups -OCH3 is 1. The lowest BCUT2D eigenvalue weighted by Gasteiger charge is -2.32. The molecule has 1 aromatic carbocycles. The fourth-order valence-electron chi connectivity index (χ4n) is 3.30. The van der Waals surface area contributed by atoms with Gasteiger partial charge in [0.15, 0.2) is 0 Å². The molecule has 1 aliphatic heterocycles. The maximum absolute atomic E-state index is 13.3. The molecule has 0 radical (unpaired) electrons. The highest BCUT2D eigenvalue weighted by Gasteiger charge is 2.26. The first-order valence-electron chi connectivity index (χ1n) is 8.66. The summed E-state index contributed by atoms with van der Waals surface area (Å²) >= 11 is 0. The molecular formula is C19H22FN3O3. The number of benzene rings is 1.